The Morgan fingerprint density at radius 3 is 2.26 bits per heavy atom. The minimum atomic E-state index is -0.173. The van der Waals surface area contributed by atoms with E-state index >= 15 is 0 Å². The van der Waals surface area contributed by atoms with Crippen LogP contribution in [0.5, 0.6) is 11.5 Å². The molecule has 2 aromatic carbocycles. The molecule has 0 spiro atoms. The molecule has 0 atom stereocenters. The zero-order chi connectivity index (χ0) is 16.5. The van der Waals surface area contributed by atoms with Crippen LogP contribution in [-0.4, -0.2) is 26.7 Å². The molecule has 0 fully saturated rings. The summed E-state index contributed by atoms with van der Waals surface area (Å²) in [6, 6.07) is 14.9. The van der Waals surface area contributed by atoms with Gasteiger partial charge in [-0.15, -0.1) is 0 Å². The van der Waals surface area contributed by atoms with Crippen LogP contribution in [0.15, 0.2) is 48.5 Å². The Kier molecular flexibility index (Phi) is 6.44. The van der Waals surface area contributed by atoms with Crippen LogP contribution >= 0.6 is 0 Å². The summed E-state index contributed by atoms with van der Waals surface area (Å²) < 4.78 is 15.7. The van der Waals surface area contributed by atoms with E-state index in [9.17, 15) is 4.79 Å². The quantitative estimate of drug-likeness (QED) is 0.813. The molecule has 23 heavy (non-hydrogen) atoms. The Labute approximate surface area is 136 Å². The largest absolute Gasteiger partial charge is 0.497 e. The number of hydrogen-bond acceptors (Lipinski definition) is 4. The fraction of sp³-hybridized carbons (Fsp3) is 0.278. The highest BCUT2D eigenvalue weighted by molar-refractivity contribution is 5.77. The molecule has 5 nitrogen and oxygen atoms in total. The predicted molar refractivity (Wildman–Crippen MR) is 87.5 cm³/mol. The lowest BCUT2D eigenvalue weighted by atomic mass is 10.1. The molecule has 2 rings (SSSR count). The van der Waals surface area contributed by atoms with E-state index in [-0.39, 0.29) is 12.5 Å². The summed E-state index contributed by atoms with van der Waals surface area (Å²) in [7, 11) is 3.25. The van der Waals surface area contributed by atoms with Crippen molar-refractivity contribution in [2.24, 2.45) is 0 Å². The van der Waals surface area contributed by atoms with Gasteiger partial charge in [0.1, 0.15) is 11.5 Å². The summed E-state index contributed by atoms with van der Waals surface area (Å²) in [6.45, 7) is 0.942. The third kappa shape index (κ3) is 5.30. The highest BCUT2D eigenvalue weighted by atomic mass is 16.5. The topological polar surface area (TPSA) is 56.8 Å². The van der Waals surface area contributed by atoms with E-state index in [1.807, 2.05) is 24.3 Å². The SMILES string of the molecule is COCc1ccccc1CNC(=O)COc1ccc(OC)cc1. The number of nitrogens with one attached hydrogen (secondary N) is 1. The second-order valence-electron chi connectivity index (χ2n) is 4.94. The van der Waals surface area contributed by atoms with E-state index in [0.29, 0.717) is 18.9 Å². The van der Waals surface area contributed by atoms with Crippen molar-refractivity contribution < 1.29 is 19.0 Å². The molecule has 0 radical (unpaired) electrons. The molecule has 0 heterocycles. The second kappa shape index (κ2) is 8.80. The summed E-state index contributed by atoms with van der Waals surface area (Å²) in [4.78, 5) is 11.9. The van der Waals surface area contributed by atoms with Gasteiger partial charge in [-0.25, -0.2) is 0 Å². The van der Waals surface area contributed by atoms with Crippen LogP contribution in [0.4, 0.5) is 0 Å². The number of amides is 1. The maximum atomic E-state index is 11.9. The molecule has 0 aromatic heterocycles. The van der Waals surface area contributed by atoms with Crippen LogP contribution in [0.2, 0.25) is 0 Å². The number of carbonyl (C=O) groups excluding carboxylic acids is 1. The highest BCUT2D eigenvalue weighted by Crippen LogP contribution is 2.16. The molecule has 5 heteroatoms. The van der Waals surface area contributed by atoms with E-state index < -0.39 is 0 Å². The van der Waals surface area contributed by atoms with Crippen molar-refractivity contribution in [1.82, 2.24) is 5.32 Å². The average molecular weight is 315 g/mol. The maximum absolute atomic E-state index is 11.9. The smallest absolute Gasteiger partial charge is 0.258 e. The number of hydrogen-bond donors (Lipinski definition) is 1. The molecule has 1 N–H and O–H groups in total. The van der Waals surface area contributed by atoms with Gasteiger partial charge in [-0.1, -0.05) is 24.3 Å². The fourth-order valence-corrected chi connectivity index (χ4v) is 2.09. The van der Waals surface area contributed by atoms with E-state index in [0.717, 1.165) is 16.9 Å². The summed E-state index contributed by atoms with van der Waals surface area (Å²) in [5, 5.41) is 2.85. The summed E-state index contributed by atoms with van der Waals surface area (Å²) in [6.07, 6.45) is 0. The van der Waals surface area contributed by atoms with Gasteiger partial charge in [0.2, 0.25) is 0 Å². The average Bonchev–Trinajstić information content (AvgIpc) is 2.60. The third-order valence-corrected chi connectivity index (χ3v) is 3.32. The first-order valence-corrected chi connectivity index (χ1v) is 7.32. The van der Waals surface area contributed by atoms with Crippen LogP contribution < -0.4 is 14.8 Å². The van der Waals surface area contributed by atoms with Gasteiger partial charge in [-0.2, -0.15) is 0 Å². The van der Waals surface area contributed by atoms with E-state index in [4.69, 9.17) is 14.2 Å². The Morgan fingerprint density at radius 1 is 0.957 bits per heavy atom. The second-order valence-corrected chi connectivity index (χ2v) is 4.94. The minimum absolute atomic E-state index is 0.0290. The summed E-state index contributed by atoms with van der Waals surface area (Å²) in [5.74, 6) is 1.20. The lowest BCUT2D eigenvalue weighted by Crippen LogP contribution is -2.28. The Bertz CT molecular complexity index is 625. The molecule has 0 aliphatic carbocycles. The van der Waals surface area contributed by atoms with Crippen molar-refractivity contribution in [3.63, 3.8) is 0 Å². The molecular weight excluding hydrogens is 294 g/mol. The van der Waals surface area contributed by atoms with Crippen LogP contribution in [-0.2, 0) is 22.7 Å². The van der Waals surface area contributed by atoms with Gasteiger partial charge in [-0.05, 0) is 35.4 Å². The number of ether oxygens (including phenoxy) is 3. The molecule has 122 valence electrons. The maximum Gasteiger partial charge on any atom is 0.258 e. The lowest BCUT2D eigenvalue weighted by molar-refractivity contribution is -0.123. The molecule has 0 aliphatic heterocycles. The van der Waals surface area contributed by atoms with Gasteiger partial charge in [0.15, 0.2) is 6.61 Å². The summed E-state index contributed by atoms with van der Waals surface area (Å²) in [5.41, 5.74) is 2.10. The van der Waals surface area contributed by atoms with Gasteiger partial charge >= 0.3 is 0 Å². The molecule has 1 amide bonds. The van der Waals surface area contributed by atoms with E-state index in [2.05, 4.69) is 5.32 Å². The number of rotatable bonds is 8. The number of benzene rings is 2. The molecule has 2 aromatic rings. The standard InChI is InChI=1S/C18H21NO4/c1-21-12-15-6-4-3-5-14(15)11-19-18(20)13-23-17-9-7-16(22-2)8-10-17/h3-10H,11-13H2,1-2H3,(H,19,20). The molecule has 0 aliphatic rings. The van der Waals surface area contributed by atoms with Crippen molar-refractivity contribution in [3.05, 3.63) is 59.7 Å². The van der Waals surface area contributed by atoms with Crippen molar-refractivity contribution in [2.45, 2.75) is 13.2 Å². The Hall–Kier alpha value is -2.53. The first-order chi connectivity index (χ1) is 11.2. The van der Waals surface area contributed by atoms with E-state index in [1.54, 1.807) is 38.5 Å². The molecule has 0 bridgehead atoms. The van der Waals surface area contributed by atoms with Gasteiger partial charge in [0.05, 0.1) is 13.7 Å². The first kappa shape index (κ1) is 16.8. The van der Waals surface area contributed by atoms with Gasteiger partial charge in [0.25, 0.3) is 5.91 Å². The number of methoxy groups -OCH3 is 2. The zero-order valence-electron chi connectivity index (χ0n) is 13.4. The minimum Gasteiger partial charge on any atom is -0.497 e. The normalized spacial score (nSPS) is 10.2. The van der Waals surface area contributed by atoms with Gasteiger partial charge < -0.3 is 19.5 Å². The molecular formula is C18H21NO4. The van der Waals surface area contributed by atoms with Crippen LogP contribution in [0, 0.1) is 0 Å². The van der Waals surface area contributed by atoms with Crippen molar-refractivity contribution in [2.75, 3.05) is 20.8 Å². The highest BCUT2D eigenvalue weighted by Gasteiger charge is 2.06. The van der Waals surface area contributed by atoms with Crippen molar-refractivity contribution in [3.8, 4) is 11.5 Å². The summed E-state index contributed by atoms with van der Waals surface area (Å²) >= 11 is 0. The van der Waals surface area contributed by atoms with Crippen LogP contribution in [0.3, 0.4) is 0 Å². The van der Waals surface area contributed by atoms with Crippen LogP contribution in [0.1, 0.15) is 11.1 Å². The van der Waals surface area contributed by atoms with E-state index in [1.165, 1.54) is 0 Å². The van der Waals surface area contributed by atoms with Crippen LogP contribution in [0.25, 0.3) is 0 Å². The predicted octanol–water partition coefficient (Wildman–Crippen LogP) is 2.54. The van der Waals surface area contributed by atoms with Crippen molar-refractivity contribution in [1.29, 1.82) is 0 Å². The molecule has 0 unspecified atom stereocenters. The Balaban J connectivity index is 1.81. The zero-order valence-corrected chi connectivity index (χ0v) is 13.4. The molecule has 0 saturated heterocycles. The van der Waals surface area contributed by atoms with Gasteiger partial charge in [0, 0.05) is 13.7 Å². The first-order valence-electron chi connectivity index (χ1n) is 7.32. The third-order valence-electron chi connectivity index (χ3n) is 3.32. The fourth-order valence-electron chi connectivity index (χ4n) is 2.09. The van der Waals surface area contributed by atoms with Gasteiger partial charge in [-0.3, -0.25) is 4.79 Å². The van der Waals surface area contributed by atoms with Crippen molar-refractivity contribution >= 4 is 5.91 Å². The monoisotopic (exact) mass is 315 g/mol. The Morgan fingerprint density at radius 2 is 1.61 bits per heavy atom. The molecule has 0 saturated carbocycles. The number of carbonyl (C=O) groups is 1. The lowest BCUT2D eigenvalue weighted by Gasteiger charge is -2.11.